The minimum Gasteiger partial charge on any atom is -0.353 e. The normalized spacial score (nSPS) is 14.1. The number of fused-ring (bicyclic) bond motifs is 1. The lowest BCUT2D eigenvalue weighted by Gasteiger charge is -2.12. The van der Waals surface area contributed by atoms with E-state index < -0.39 is 0 Å². The fourth-order valence-electron chi connectivity index (χ4n) is 4.38. The Morgan fingerprint density at radius 1 is 1.09 bits per heavy atom. The molecule has 1 fully saturated rings. The smallest absolute Gasteiger partial charge is 0.230 e. The monoisotopic (exact) mass is 457 g/mol. The van der Waals surface area contributed by atoms with E-state index in [0.717, 1.165) is 51.5 Å². The number of hydrogen-bond acceptors (Lipinski definition) is 5. The number of carbonyl (C=O) groups excluding carboxylic acids is 1. The number of amides is 1. The van der Waals surface area contributed by atoms with Gasteiger partial charge in [0, 0.05) is 29.6 Å². The fraction of sp³-hybridized carbons (Fsp3) is 0.308. The van der Waals surface area contributed by atoms with Crippen LogP contribution in [0.25, 0.3) is 33.5 Å². The number of pyridine rings is 1. The first-order chi connectivity index (χ1) is 16.1. The van der Waals surface area contributed by atoms with Crippen LogP contribution in [0.15, 0.2) is 59.8 Å². The van der Waals surface area contributed by atoms with Gasteiger partial charge < -0.3 is 9.88 Å². The number of benzene rings is 2. The molecule has 2 aromatic carbocycles. The van der Waals surface area contributed by atoms with Crippen LogP contribution >= 0.6 is 11.8 Å². The minimum absolute atomic E-state index is 0.0625. The van der Waals surface area contributed by atoms with Gasteiger partial charge in [0.1, 0.15) is 0 Å². The molecule has 5 rings (SSSR count). The van der Waals surface area contributed by atoms with Crippen LogP contribution in [0.3, 0.4) is 0 Å². The topological polar surface area (TPSA) is 72.7 Å². The van der Waals surface area contributed by atoms with Crippen molar-refractivity contribution in [3.8, 4) is 22.6 Å². The first kappa shape index (κ1) is 21.6. The highest BCUT2D eigenvalue weighted by Gasteiger charge is 2.19. The van der Waals surface area contributed by atoms with Crippen molar-refractivity contribution in [3.63, 3.8) is 0 Å². The van der Waals surface area contributed by atoms with Gasteiger partial charge in [0.05, 0.1) is 17.0 Å². The molecule has 1 saturated carbocycles. The number of rotatable bonds is 6. The van der Waals surface area contributed by atoms with E-state index in [0.29, 0.717) is 11.8 Å². The summed E-state index contributed by atoms with van der Waals surface area (Å²) < 4.78 is 1.97. The van der Waals surface area contributed by atoms with Crippen molar-refractivity contribution in [2.75, 3.05) is 5.75 Å². The Labute approximate surface area is 197 Å². The first-order valence-corrected chi connectivity index (χ1v) is 12.4. The third-order valence-corrected chi connectivity index (χ3v) is 7.21. The summed E-state index contributed by atoms with van der Waals surface area (Å²) in [7, 11) is 1.95. The number of hydrogen-bond donors (Lipinski definition) is 1. The van der Waals surface area contributed by atoms with Gasteiger partial charge in [-0.1, -0.05) is 72.6 Å². The molecule has 0 spiro atoms. The van der Waals surface area contributed by atoms with Gasteiger partial charge in [0.25, 0.3) is 0 Å². The Balaban J connectivity index is 1.44. The van der Waals surface area contributed by atoms with Gasteiger partial charge in [-0.15, -0.1) is 10.2 Å². The molecule has 1 aliphatic rings. The van der Waals surface area contributed by atoms with E-state index in [9.17, 15) is 4.79 Å². The van der Waals surface area contributed by atoms with Gasteiger partial charge in [-0.05, 0) is 31.9 Å². The van der Waals surface area contributed by atoms with Crippen LogP contribution in [0.5, 0.6) is 0 Å². The summed E-state index contributed by atoms with van der Waals surface area (Å²) in [6.07, 6.45) is 4.58. The Morgan fingerprint density at radius 3 is 2.64 bits per heavy atom. The predicted molar refractivity (Wildman–Crippen MR) is 133 cm³/mol. The van der Waals surface area contributed by atoms with E-state index >= 15 is 0 Å². The maximum Gasteiger partial charge on any atom is 0.230 e. The van der Waals surface area contributed by atoms with Crippen molar-refractivity contribution < 1.29 is 4.79 Å². The highest BCUT2D eigenvalue weighted by molar-refractivity contribution is 7.99. The first-order valence-electron chi connectivity index (χ1n) is 11.4. The lowest BCUT2D eigenvalue weighted by molar-refractivity contribution is -0.119. The van der Waals surface area contributed by atoms with Gasteiger partial charge in [-0.2, -0.15) is 0 Å². The zero-order valence-electron chi connectivity index (χ0n) is 18.9. The third kappa shape index (κ3) is 4.64. The molecule has 33 heavy (non-hydrogen) atoms. The maximum atomic E-state index is 12.4. The van der Waals surface area contributed by atoms with Crippen molar-refractivity contribution in [1.82, 2.24) is 25.1 Å². The number of nitrogens with zero attached hydrogens (tertiary/aromatic N) is 4. The summed E-state index contributed by atoms with van der Waals surface area (Å²) in [6, 6.07) is 18.9. The number of para-hydroxylation sites is 1. The van der Waals surface area contributed by atoms with Crippen molar-refractivity contribution >= 4 is 28.6 Å². The van der Waals surface area contributed by atoms with Crippen LogP contribution < -0.4 is 5.32 Å². The van der Waals surface area contributed by atoms with Crippen molar-refractivity contribution in [3.05, 3.63) is 60.2 Å². The molecule has 4 aromatic rings. The highest BCUT2D eigenvalue weighted by atomic mass is 32.2. The number of aromatic nitrogens is 4. The molecule has 6 nitrogen and oxygen atoms in total. The average molecular weight is 458 g/mol. The molecule has 1 N–H and O–H groups in total. The van der Waals surface area contributed by atoms with Crippen molar-refractivity contribution in [1.29, 1.82) is 0 Å². The Morgan fingerprint density at radius 2 is 1.85 bits per heavy atom. The lowest BCUT2D eigenvalue weighted by Crippen LogP contribution is -2.33. The predicted octanol–water partition coefficient (Wildman–Crippen LogP) is 5.16. The fourth-order valence-corrected chi connectivity index (χ4v) is 5.10. The van der Waals surface area contributed by atoms with Crippen LogP contribution in [0.1, 0.15) is 31.2 Å². The minimum atomic E-state index is 0.0625. The van der Waals surface area contributed by atoms with Gasteiger partial charge in [0.15, 0.2) is 11.0 Å². The van der Waals surface area contributed by atoms with Crippen LogP contribution in [0.2, 0.25) is 0 Å². The van der Waals surface area contributed by atoms with E-state index in [1.807, 2.05) is 29.8 Å². The molecule has 0 radical (unpaired) electrons. The van der Waals surface area contributed by atoms with Gasteiger partial charge in [-0.25, -0.2) is 4.98 Å². The number of thioether (sulfide) groups is 1. The largest absolute Gasteiger partial charge is 0.353 e. The number of carbonyl (C=O) groups is 1. The molecule has 1 aliphatic carbocycles. The maximum absolute atomic E-state index is 12.4. The molecular weight excluding hydrogens is 430 g/mol. The summed E-state index contributed by atoms with van der Waals surface area (Å²) in [5.41, 5.74) is 5.07. The van der Waals surface area contributed by atoms with E-state index in [-0.39, 0.29) is 5.91 Å². The molecule has 0 aliphatic heterocycles. The number of aryl methyl sites for hydroxylation is 1. The zero-order chi connectivity index (χ0) is 22.8. The molecule has 2 aromatic heterocycles. The Hall–Kier alpha value is -3.19. The molecule has 1 amide bonds. The van der Waals surface area contributed by atoms with E-state index in [1.54, 1.807) is 0 Å². The second-order valence-corrected chi connectivity index (χ2v) is 9.58. The SMILES string of the molecule is Cc1ccc(-c2cc(-c3nnc(SCC(=O)NC4CCCC4)n3C)c3ccccc3n2)cc1. The van der Waals surface area contributed by atoms with Gasteiger partial charge in [-0.3, -0.25) is 4.79 Å². The Kier molecular flexibility index (Phi) is 6.13. The highest BCUT2D eigenvalue weighted by Crippen LogP contribution is 2.32. The van der Waals surface area contributed by atoms with Gasteiger partial charge in [0.2, 0.25) is 5.91 Å². The van der Waals surface area contributed by atoms with Crippen LogP contribution in [0.4, 0.5) is 0 Å². The van der Waals surface area contributed by atoms with Crippen molar-refractivity contribution in [2.45, 2.75) is 43.8 Å². The molecule has 0 unspecified atom stereocenters. The Bertz CT molecular complexity index is 1290. The summed E-state index contributed by atoms with van der Waals surface area (Å²) in [4.78, 5) is 17.3. The molecule has 0 bridgehead atoms. The van der Waals surface area contributed by atoms with Crippen LogP contribution in [-0.2, 0) is 11.8 Å². The van der Waals surface area contributed by atoms with Gasteiger partial charge >= 0.3 is 0 Å². The summed E-state index contributed by atoms with van der Waals surface area (Å²) in [5.74, 6) is 1.17. The lowest BCUT2D eigenvalue weighted by atomic mass is 10.0. The average Bonchev–Trinajstić information content (AvgIpc) is 3.47. The number of nitrogens with one attached hydrogen (secondary N) is 1. The van der Waals surface area contributed by atoms with E-state index in [4.69, 9.17) is 4.98 Å². The van der Waals surface area contributed by atoms with E-state index in [1.165, 1.54) is 30.2 Å². The standard InChI is InChI=1S/C26H27N5OS/c1-17-11-13-18(14-12-17)23-15-21(20-9-5-6-10-22(20)28-23)25-29-30-26(31(25)2)33-16-24(32)27-19-7-3-4-8-19/h5-6,9-15,19H,3-4,7-8,16H2,1-2H3,(H,27,32). The molecule has 0 atom stereocenters. The quantitative estimate of drug-likeness (QED) is 0.405. The van der Waals surface area contributed by atoms with Crippen LogP contribution in [0, 0.1) is 6.92 Å². The molecular formula is C26H27N5OS. The zero-order valence-corrected chi connectivity index (χ0v) is 19.7. The molecule has 0 saturated heterocycles. The van der Waals surface area contributed by atoms with Crippen molar-refractivity contribution in [2.24, 2.45) is 7.05 Å². The van der Waals surface area contributed by atoms with E-state index in [2.05, 4.69) is 58.8 Å². The summed E-state index contributed by atoms with van der Waals surface area (Å²) in [5, 5.41) is 13.8. The van der Waals surface area contributed by atoms with Crippen LogP contribution in [-0.4, -0.2) is 37.5 Å². The summed E-state index contributed by atoms with van der Waals surface area (Å²) in [6.45, 7) is 2.08. The molecule has 168 valence electrons. The third-order valence-electron chi connectivity index (χ3n) is 6.19. The molecule has 7 heteroatoms. The second kappa shape index (κ2) is 9.35. The molecule has 2 heterocycles. The summed E-state index contributed by atoms with van der Waals surface area (Å²) >= 11 is 1.42. The second-order valence-electron chi connectivity index (χ2n) is 8.64.